The number of hydrogen-bond donors (Lipinski definition) is 1. The molecule has 0 bridgehead atoms. The average molecular weight is 413 g/mol. The largest absolute Gasteiger partial charge is 0.452 e. The van der Waals surface area contributed by atoms with Crippen LogP contribution in [0.15, 0.2) is 42.5 Å². The Balaban J connectivity index is 1.94. The van der Waals surface area contributed by atoms with Crippen LogP contribution in [0.5, 0.6) is 0 Å². The lowest BCUT2D eigenvalue weighted by atomic mass is 10.2. The second-order valence-electron chi connectivity index (χ2n) is 4.56. The third-order valence-electron chi connectivity index (χ3n) is 2.90. The SMILES string of the molecule is Cc1ccc(F)cc1NC(=O)COC(=O)c1ccccc1I. The third kappa shape index (κ3) is 4.27. The molecular weight excluding hydrogens is 400 g/mol. The molecule has 0 unspecified atom stereocenters. The summed E-state index contributed by atoms with van der Waals surface area (Å²) in [5.41, 5.74) is 1.48. The first-order valence-electron chi connectivity index (χ1n) is 6.45. The summed E-state index contributed by atoms with van der Waals surface area (Å²) in [6.07, 6.45) is 0. The van der Waals surface area contributed by atoms with E-state index in [4.69, 9.17) is 4.74 Å². The summed E-state index contributed by atoms with van der Waals surface area (Å²) >= 11 is 2.02. The van der Waals surface area contributed by atoms with Gasteiger partial charge in [0.25, 0.3) is 5.91 Å². The number of carbonyl (C=O) groups is 2. The first-order chi connectivity index (χ1) is 10.5. The molecular formula is C16H13FINO3. The number of anilines is 1. The van der Waals surface area contributed by atoms with E-state index in [2.05, 4.69) is 5.32 Å². The highest BCUT2D eigenvalue weighted by molar-refractivity contribution is 14.1. The third-order valence-corrected chi connectivity index (χ3v) is 3.84. The predicted molar refractivity (Wildman–Crippen MR) is 89.2 cm³/mol. The van der Waals surface area contributed by atoms with E-state index in [1.807, 2.05) is 22.6 Å². The standard InChI is InChI=1S/C16H13FINO3/c1-10-6-7-11(17)8-14(10)19-15(20)9-22-16(21)12-4-2-3-5-13(12)18/h2-8H,9H2,1H3,(H,19,20). The van der Waals surface area contributed by atoms with Crippen molar-refractivity contribution in [1.29, 1.82) is 0 Å². The van der Waals surface area contributed by atoms with E-state index in [0.717, 1.165) is 9.13 Å². The van der Waals surface area contributed by atoms with Gasteiger partial charge in [0.2, 0.25) is 0 Å². The van der Waals surface area contributed by atoms with Gasteiger partial charge in [-0.3, -0.25) is 4.79 Å². The monoisotopic (exact) mass is 413 g/mol. The molecule has 1 N–H and O–H groups in total. The van der Waals surface area contributed by atoms with Gasteiger partial charge in [0.05, 0.1) is 5.56 Å². The first-order valence-corrected chi connectivity index (χ1v) is 7.53. The molecule has 0 aliphatic rings. The minimum atomic E-state index is -0.573. The zero-order valence-electron chi connectivity index (χ0n) is 11.7. The highest BCUT2D eigenvalue weighted by atomic mass is 127. The molecule has 0 spiro atoms. The number of aryl methyl sites for hydroxylation is 1. The molecule has 0 saturated heterocycles. The Morgan fingerprint density at radius 2 is 1.95 bits per heavy atom. The fraction of sp³-hybridized carbons (Fsp3) is 0.125. The molecule has 22 heavy (non-hydrogen) atoms. The molecule has 0 aliphatic heterocycles. The molecule has 0 heterocycles. The van der Waals surface area contributed by atoms with E-state index in [1.165, 1.54) is 12.1 Å². The van der Waals surface area contributed by atoms with E-state index in [-0.39, 0.29) is 0 Å². The van der Waals surface area contributed by atoms with Crippen LogP contribution in [0.4, 0.5) is 10.1 Å². The van der Waals surface area contributed by atoms with Gasteiger partial charge in [-0.2, -0.15) is 0 Å². The molecule has 0 aromatic heterocycles. The van der Waals surface area contributed by atoms with Crippen molar-refractivity contribution >= 4 is 40.2 Å². The van der Waals surface area contributed by atoms with E-state index in [9.17, 15) is 14.0 Å². The van der Waals surface area contributed by atoms with Gasteiger partial charge < -0.3 is 10.1 Å². The molecule has 2 aromatic rings. The van der Waals surface area contributed by atoms with Crippen LogP contribution in [0.1, 0.15) is 15.9 Å². The summed E-state index contributed by atoms with van der Waals surface area (Å²) in [4.78, 5) is 23.7. The van der Waals surface area contributed by atoms with Gasteiger partial charge in [-0.25, -0.2) is 9.18 Å². The Hall–Kier alpha value is -1.96. The van der Waals surface area contributed by atoms with Gasteiger partial charge in [0, 0.05) is 9.26 Å². The Morgan fingerprint density at radius 1 is 1.23 bits per heavy atom. The molecule has 2 rings (SSSR count). The van der Waals surface area contributed by atoms with Crippen LogP contribution in [0, 0.1) is 16.3 Å². The smallest absolute Gasteiger partial charge is 0.339 e. The second-order valence-corrected chi connectivity index (χ2v) is 5.73. The quantitative estimate of drug-likeness (QED) is 0.617. The average Bonchev–Trinajstić information content (AvgIpc) is 2.49. The summed E-state index contributed by atoms with van der Waals surface area (Å²) in [6, 6.07) is 11.0. The van der Waals surface area contributed by atoms with Gasteiger partial charge >= 0.3 is 5.97 Å². The summed E-state index contributed by atoms with van der Waals surface area (Å²) < 4.78 is 18.8. The number of rotatable bonds is 4. The zero-order chi connectivity index (χ0) is 16.1. The first kappa shape index (κ1) is 16.4. The summed E-state index contributed by atoms with van der Waals surface area (Å²) in [5.74, 6) is -1.54. The maximum Gasteiger partial charge on any atom is 0.339 e. The number of ether oxygens (including phenoxy) is 1. The Labute approximate surface area is 140 Å². The van der Waals surface area contributed by atoms with Crippen molar-refractivity contribution in [2.45, 2.75) is 6.92 Å². The van der Waals surface area contributed by atoms with Crippen LogP contribution in [-0.4, -0.2) is 18.5 Å². The lowest BCUT2D eigenvalue weighted by Crippen LogP contribution is -2.21. The number of esters is 1. The topological polar surface area (TPSA) is 55.4 Å². The number of amides is 1. The fourth-order valence-corrected chi connectivity index (χ4v) is 2.36. The normalized spacial score (nSPS) is 10.1. The molecule has 2 aromatic carbocycles. The molecule has 1 amide bonds. The minimum Gasteiger partial charge on any atom is -0.452 e. The van der Waals surface area contributed by atoms with Gasteiger partial charge in [0.1, 0.15) is 5.82 Å². The van der Waals surface area contributed by atoms with Crippen molar-refractivity contribution in [2.24, 2.45) is 0 Å². The van der Waals surface area contributed by atoms with Crippen LogP contribution >= 0.6 is 22.6 Å². The summed E-state index contributed by atoms with van der Waals surface area (Å²) in [5, 5.41) is 2.51. The number of halogens is 2. The maximum atomic E-state index is 13.1. The molecule has 0 aliphatic carbocycles. The van der Waals surface area contributed by atoms with Gasteiger partial charge in [-0.15, -0.1) is 0 Å². The molecule has 0 atom stereocenters. The van der Waals surface area contributed by atoms with Gasteiger partial charge in [0.15, 0.2) is 6.61 Å². The van der Waals surface area contributed by atoms with Crippen LogP contribution in [0.3, 0.4) is 0 Å². The minimum absolute atomic E-state index is 0.357. The predicted octanol–water partition coefficient (Wildman–Crippen LogP) is 3.53. The molecule has 0 radical (unpaired) electrons. The lowest BCUT2D eigenvalue weighted by molar-refractivity contribution is -0.119. The fourth-order valence-electron chi connectivity index (χ4n) is 1.75. The highest BCUT2D eigenvalue weighted by Crippen LogP contribution is 2.16. The maximum absolute atomic E-state index is 13.1. The Bertz CT molecular complexity index is 718. The van der Waals surface area contributed by atoms with E-state index >= 15 is 0 Å². The van der Waals surface area contributed by atoms with Crippen LogP contribution < -0.4 is 5.32 Å². The summed E-state index contributed by atoms with van der Waals surface area (Å²) in [6.45, 7) is 1.31. The van der Waals surface area contributed by atoms with Crippen molar-refractivity contribution in [1.82, 2.24) is 0 Å². The number of carbonyl (C=O) groups excluding carboxylic acids is 2. The Morgan fingerprint density at radius 3 is 2.68 bits per heavy atom. The van der Waals surface area contributed by atoms with Crippen LogP contribution in [0.25, 0.3) is 0 Å². The van der Waals surface area contributed by atoms with E-state index in [0.29, 0.717) is 11.3 Å². The molecule has 0 fully saturated rings. The number of nitrogens with one attached hydrogen (secondary N) is 1. The number of benzene rings is 2. The summed E-state index contributed by atoms with van der Waals surface area (Å²) in [7, 11) is 0. The van der Waals surface area contributed by atoms with Crippen molar-refractivity contribution in [3.63, 3.8) is 0 Å². The second kappa shape index (κ2) is 7.35. The van der Waals surface area contributed by atoms with Gasteiger partial charge in [-0.05, 0) is 59.3 Å². The molecule has 114 valence electrons. The molecule has 4 nitrogen and oxygen atoms in total. The van der Waals surface area contributed by atoms with Crippen molar-refractivity contribution in [2.75, 3.05) is 11.9 Å². The molecule has 6 heteroatoms. The zero-order valence-corrected chi connectivity index (χ0v) is 13.9. The van der Waals surface area contributed by atoms with Crippen molar-refractivity contribution in [3.8, 4) is 0 Å². The number of hydrogen-bond acceptors (Lipinski definition) is 3. The van der Waals surface area contributed by atoms with Crippen molar-refractivity contribution in [3.05, 3.63) is 63.0 Å². The van der Waals surface area contributed by atoms with Crippen LogP contribution in [0.2, 0.25) is 0 Å². The van der Waals surface area contributed by atoms with Crippen molar-refractivity contribution < 1.29 is 18.7 Å². The molecule has 0 saturated carbocycles. The lowest BCUT2D eigenvalue weighted by Gasteiger charge is -2.09. The van der Waals surface area contributed by atoms with E-state index < -0.39 is 24.3 Å². The van der Waals surface area contributed by atoms with E-state index in [1.54, 1.807) is 37.3 Å². The Kier molecular flexibility index (Phi) is 5.48. The van der Waals surface area contributed by atoms with Gasteiger partial charge in [-0.1, -0.05) is 18.2 Å². The van der Waals surface area contributed by atoms with Crippen LogP contribution in [-0.2, 0) is 9.53 Å². The highest BCUT2D eigenvalue weighted by Gasteiger charge is 2.13.